The van der Waals surface area contributed by atoms with Gasteiger partial charge in [0.05, 0.1) is 16.6 Å². The number of hydrogen-bond acceptors (Lipinski definition) is 4. The number of aromatic carboxylic acids is 1. The van der Waals surface area contributed by atoms with Crippen molar-refractivity contribution in [1.29, 1.82) is 0 Å². The van der Waals surface area contributed by atoms with Gasteiger partial charge in [-0.05, 0) is 24.8 Å². The molecule has 2 rings (SSSR count). The first kappa shape index (κ1) is 15.4. The molecule has 6 nitrogen and oxygen atoms in total. The second kappa shape index (κ2) is 6.17. The summed E-state index contributed by atoms with van der Waals surface area (Å²) in [6, 6.07) is 4.30. The highest BCUT2D eigenvalue weighted by atomic mass is 32.2. The summed E-state index contributed by atoms with van der Waals surface area (Å²) < 4.78 is 1.29. The number of aromatic amines is 1. The average Bonchev–Trinajstić information content (AvgIpc) is 2.45. The van der Waals surface area contributed by atoms with Crippen molar-refractivity contribution in [3.05, 3.63) is 44.5 Å². The molecule has 0 saturated heterocycles. The van der Waals surface area contributed by atoms with Gasteiger partial charge in [0.2, 0.25) is 0 Å². The van der Waals surface area contributed by atoms with Crippen LogP contribution in [0.15, 0.2) is 27.8 Å². The molecule has 0 aliphatic carbocycles. The van der Waals surface area contributed by atoms with Gasteiger partial charge < -0.3 is 10.1 Å². The first-order chi connectivity index (χ1) is 9.97. The molecule has 0 aliphatic heterocycles. The SMILES string of the molecule is CCSCC(C)n1c(=O)c(=O)[nH]c2cccc(C(=O)O)c21. The summed E-state index contributed by atoms with van der Waals surface area (Å²) >= 11 is 1.63. The van der Waals surface area contributed by atoms with E-state index in [2.05, 4.69) is 4.98 Å². The van der Waals surface area contributed by atoms with Crippen molar-refractivity contribution in [2.45, 2.75) is 19.9 Å². The fraction of sp³-hybridized carbons (Fsp3) is 0.357. The Morgan fingerprint density at radius 3 is 2.76 bits per heavy atom. The number of nitrogens with one attached hydrogen (secondary N) is 1. The molecule has 21 heavy (non-hydrogen) atoms. The lowest BCUT2D eigenvalue weighted by molar-refractivity contribution is 0.0698. The summed E-state index contributed by atoms with van der Waals surface area (Å²) in [5.41, 5.74) is -0.834. The molecule has 0 saturated carbocycles. The fourth-order valence-corrected chi connectivity index (χ4v) is 2.97. The number of H-pyrrole nitrogens is 1. The van der Waals surface area contributed by atoms with Gasteiger partial charge in [-0.3, -0.25) is 14.2 Å². The van der Waals surface area contributed by atoms with Crippen LogP contribution in [0.1, 0.15) is 30.2 Å². The average molecular weight is 308 g/mol. The van der Waals surface area contributed by atoms with E-state index in [4.69, 9.17) is 0 Å². The van der Waals surface area contributed by atoms with Crippen LogP contribution in [0, 0.1) is 0 Å². The maximum atomic E-state index is 12.2. The number of carboxylic acids is 1. The molecule has 0 aliphatic rings. The summed E-state index contributed by atoms with van der Waals surface area (Å²) in [7, 11) is 0. The first-order valence-corrected chi connectivity index (χ1v) is 7.71. The molecule has 1 aromatic carbocycles. The third-order valence-corrected chi connectivity index (χ3v) is 4.30. The van der Waals surface area contributed by atoms with Crippen molar-refractivity contribution >= 4 is 28.8 Å². The zero-order chi connectivity index (χ0) is 15.6. The third kappa shape index (κ3) is 2.87. The van der Waals surface area contributed by atoms with Crippen molar-refractivity contribution in [3.8, 4) is 0 Å². The van der Waals surface area contributed by atoms with E-state index >= 15 is 0 Å². The molecule has 2 N–H and O–H groups in total. The minimum atomic E-state index is -1.13. The van der Waals surface area contributed by atoms with Crippen LogP contribution >= 0.6 is 11.8 Å². The Hall–Kier alpha value is -2.02. The Morgan fingerprint density at radius 1 is 1.43 bits per heavy atom. The van der Waals surface area contributed by atoms with Crippen molar-refractivity contribution in [2.75, 3.05) is 11.5 Å². The van der Waals surface area contributed by atoms with Gasteiger partial charge in [0.1, 0.15) is 0 Å². The Morgan fingerprint density at radius 2 is 2.14 bits per heavy atom. The summed E-state index contributed by atoms with van der Waals surface area (Å²) in [4.78, 5) is 37.8. The molecule has 0 fully saturated rings. The van der Waals surface area contributed by atoms with Gasteiger partial charge in [-0.2, -0.15) is 11.8 Å². The van der Waals surface area contributed by atoms with Gasteiger partial charge in [0.15, 0.2) is 0 Å². The van der Waals surface area contributed by atoms with Crippen LogP contribution < -0.4 is 11.1 Å². The molecule has 1 aromatic heterocycles. The number of benzene rings is 1. The normalized spacial score (nSPS) is 12.5. The molecular weight excluding hydrogens is 292 g/mol. The molecular formula is C14H16N2O4S. The lowest BCUT2D eigenvalue weighted by Gasteiger charge is -2.18. The van der Waals surface area contributed by atoms with Gasteiger partial charge in [-0.1, -0.05) is 13.0 Å². The number of nitrogens with zero attached hydrogens (tertiary/aromatic N) is 1. The van der Waals surface area contributed by atoms with Gasteiger partial charge in [-0.25, -0.2) is 4.79 Å². The second-order valence-electron chi connectivity index (χ2n) is 4.64. The van der Waals surface area contributed by atoms with E-state index in [9.17, 15) is 19.5 Å². The van der Waals surface area contributed by atoms with E-state index in [0.717, 1.165) is 5.75 Å². The fourth-order valence-electron chi connectivity index (χ4n) is 2.25. The molecule has 7 heteroatoms. The Balaban J connectivity index is 2.82. The van der Waals surface area contributed by atoms with E-state index in [0.29, 0.717) is 11.3 Å². The lowest BCUT2D eigenvalue weighted by atomic mass is 10.1. The highest BCUT2D eigenvalue weighted by Crippen LogP contribution is 2.20. The summed E-state index contributed by atoms with van der Waals surface area (Å²) in [5.74, 6) is 0.380. The number of aromatic nitrogens is 2. The molecule has 0 bridgehead atoms. The van der Waals surface area contributed by atoms with Gasteiger partial charge >= 0.3 is 17.1 Å². The summed E-state index contributed by atoms with van der Waals surface area (Å²) in [6.07, 6.45) is 0. The largest absolute Gasteiger partial charge is 0.478 e. The number of hydrogen-bond donors (Lipinski definition) is 2. The number of para-hydroxylation sites is 1. The van der Waals surface area contributed by atoms with Crippen molar-refractivity contribution in [1.82, 2.24) is 9.55 Å². The topological polar surface area (TPSA) is 92.2 Å². The van der Waals surface area contributed by atoms with E-state index in [1.165, 1.54) is 10.6 Å². The van der Waals surface area contributed by atoms with Gasteiger partial charge in [-0.15, -0.1) is 0 Å². The Bertz CT molecular complexity index is 794. The number of carbonyl (C=O) groups is 1. The maximum Gasteiger partial charge on any atom is 0.337 e. The minimum Gasteiger partial charge on any atom is -0.478 e. The zero-order valence-electron chi connectivity index (χ0n) is 11.8. The monoisotopic (exact) mass is 308 g/mol. The quantitative estimate of drug-likeness (QED) is 0.820. The van der Waals surface area contributed by atoms with Gasteiger partial charge in [0.25, 0.3) is 0 Å². The van der Waals surface area contributed by atoms with Crippen LogP contribution in [0.3, 0.4) is 0 Å². The van der Waals surface area contributed by atoms with Gasteiger partial charge in [0, 0.05) is 11.8 Å². The first-order valence-electron chi connectivity index (χ1n) is 6.56. The Labute approximate surface area is 124 Å². The minimum absolute atomic E-state index is 0.00852. The summed E-state index contributed by atoms with van der Waals surface area (Å²) in [5, 5.41) is 9.31. The molecule has 1 atom stereocenters. The van der Waals surface area contributed by atoms with Crippen LogP contribution in [0.2, 0.25) is 0 Å². The molecule has 2 aromatic rings. The molecule has 112 valence electrons. The molecule has 1 heterocycles. The molecule has 1 unspecified atom stereocenters. The van der Waals surface area contributed by atoms with Crippen LogP contribution in [0.25, 0.3) is 11.0 Å². The predicted molar refractivity (Wildman–Crippen MR) is 83.5 cm³/mol. The smallest absolute Gasteiger partial charge is 0.337 e. The number of carboxylic acid groups (broad SMARTS) is 1. The van der Waals surface area contributed by atoms with E-state index in [1.54, 1.807) is 23.9 Å². The molecule has 0 spiro atoms. The van der Waals surface area contributed by atoms with Crippen LogP contribution in [-0.4, -0.2) is 32.1 Å². The predicted octanol–water partition coefficient (Wildman–Crippen LogP) is 1.70. The third-order valence-electron chi connectivity index (χ3n) is 3.17. The van der Waals surface area contributed by atoms with Crippen LogP contribution in [0.5, 0.6) is 0 Å². The number of fused-ring (bicyclic) bond motifs is 1. The van der Waals surface area contributed by atoms with E-state index < -0.39 is 17.1 Å². The maximum absolute atomic E-state index is 12.2. The highest BCUT2D eigenvalue weighted by Gasteiger charge is 2.18. The standard InChI is InChI=1S/C14H16N2O4S/c1-3-21-7-8(2)16-11-9(14(19)20)5-4-6-10(11)15-12(17)13(16)18/h4-6,8H,3,7H2,1-2H3,(H,15,17)(H,19,20). The molecule has 0 radical (unpaired) electrons. The zero-order valence-corrected chi connectivity index (χ0v) is 12.6. The summed E-state index contributed by atoms with van der Waals surface area (Å²) in [6.45, 7) is 3.81. The van der Waals surface area contributed by atoms with E-state index in [-0.39, 0.29) is 17.1 Å². The van der Waals surface area contributed by atoms with Crippen LogP contribution in [0.4, 0.5) is 0 Å². The lowest BCUT2D eigenvalue weighted by Crippen LogP contribution is -2.39. The van der Waals surface area contributed by atoms with Crippen molar-refractivity contribution in [3.63, 3.8) is 0 Å². The highest BCUT2D eigenvalue weighted by molar-refractivity contribution is 7.99. The van der Waals surface area contributed by atoms with Crippen LogP contribution in [-0.2, 0) is 0 Å². The van der Waals surface area contributed by atoms with Crippen molar-refractivity contribution < 1.29 is 9.90 Å². The number of thioether (sulfide) groups is 1. The number of rotatable bonds is 5. The molecule has 0 amide bonds. The van der Waals surface area contributed by atoms with E-state index in [1.807, 2.05) is 13.8 Å². The Kier molecular flexibility index (Phi) is 4.52. The van der Waals surface area contributed by atoms with Crippen molar-refractivity contribution in [2.24, 2.45) is 0 Å². The second-order valence-corrected chi connectivity index (χ2v) is 5.96.